The highest BCUT2D eigenvalue weighted by atomic mass is 79.9. The van der Waals surface area contributed by atoms with Crippen molar-refractivity contribution in [2.75, 3.05) is 11.9 Å². The number of urea groups is 1. The molecule has 7 heteroatoms. The van der Waals surface area contributed by atoms with Gasteiger partial charge in [0.15, 0.2) is 0 Å². The zero-order valence-corrected chi connectivity index (χ0v) is 18.7. The van der Waals surface area contributed by atoms with Crippen LogP contribution in [-0.4, -0.2) is 22.5 Å². The number of amides is 2. The van der Waals surface area contributed by atoms with Crippen molar-refractivity contribution >= 4 is 50.2 Å². The van der Waals surface area contributed by atoms with Crippen LogP contribution in [0, 0.1) is 5.82 Å². The number of fused-ring (bicyclic) bond motifs is 3. The zero-order valence-electron chi connectivity index (χ0n) is 16.3. The van der Waals surface area contributed by atoms with Crippen molar-refractivity contribution in [3.8, 4) is 0 Å². The number of H-pyrrole nitrogens is 1. The molecule has 31 heavy (non-hydrogen) atoms. The quantitative estimate of drug-likeness (QED) is 0.310. The summed E-state index contributed by atoms with van der Waals surface area (Å²) in [5.41, 5.74) is 4.57. The normalized spacial score (nSPS) is 15.7. The smallest absolute Gasteiger partial charge is 0.322 e. The molecule has 1 aliphatic heterocycles. The van der Waals surface area contributed by atoms with E-state index >= 15 is 0 Å². The lowest BCUT2D eigenvalue weighted by Gasteiger charge is -2.36. The van der Waals surface area contributed by atoms with Gasteiger partial charge >= 0.3 is 6.03 Å². The Balaban J connectivity index is 1.59. The molecule has 1 aliphatic rings. The number of nitrogens with one attached hydrogen (secondary N) is 2. The minimum absolute atomic E-state index is 0.213. The number of benzene rings is 3. The van der Waals surface area contributed by atoms with Crippen LogP contribution < -0.4 is 5.32 Å². The monoisotopic (exact) mass is 497 g/mol. The summed E-state index contributed by atoms with van der Waals surface area (Å²) < 4.78 is 14.5. The third-order valence-corrected chi connectivity index (χ3v) is 6.34. The number of nitrogens with zero attached hydrogens (tertiary/aromatic N) is 1. The molecule has 3 aromatic carbocycles. The van der Waals surface area contributed by atoms with Gasteiger partial charge in [-0.15, -0.1) is 0 Å². The molecule has 1 atom stereocenters. The molecule has 5 rings (SSSR count). The predicted octanol–water partition coefficient (Wildman–Crippen LogP) is 6.90. The average Bonchev–Trinajstić information content (AvgIpc) is 3.11. The van der Waals surface area contributed by atoms with Gasteiger partial charge in [-0.3, -0.25) is 0 Å². The first-order valence-corrected chi connectivity index (χ1v) is 11.1. The molecule has 0 bridgehead atoms. The van der Waals surface area contributed by atoms with E-state index in [1.807, 2.05) is 42.5 Å². The number of carbonyl (C=O) groups excluding carboxylic acids is 1. The average molecular weight is 499 g/mol. The topological polar surface area (TPSA) is 48.1 Å². The Kier molecular flexibility index (Phi) is 5.20. The maximum atomic E-state index is 13.6. The third-order valence-electron chi connectivity index (χ3n) is 5.61. The van der Waals surface area contributed by atoms with Crippen molar-refractivity contribution in [1.82, 2.24) is 9.88 Å². The Morgan fingerprint density at radius 1 is 1.13 bits per heavy atom. The first-order chi connectivity index (χ1) is 15.0. The number of carbonyl (C=O) groups is 1. The molecule has 2 N–H and O–H groups in total. The van der Waals surface area contributed by atoms with E-state index in [4.69, 9.17) is 11.6 Å². The molecule has 0 fully saturated rings. The van der Waals surface area contributed by atoms with E-state index in [0.717, 1.165) is 32.2 Å². The van der Waals surface area contributed by atoms with Crippen LogP contribution in [0.15, 0.2) is 71.2 Å². The summed E-state index contributed by atoms with van der Waals surface area (Å²) in [4.78, 5) is 18.6. The van der Waals surface area contributed by atoms with Crippen molar-refractivity contribution in [3.05, 3.63) is 98.9 Å². The number of hydrogen-bond acceptors (Lipinski definition) is 1. The summed E-state index contributed by atoms with van der Waals surface area (Å²) in [6.07, 6.45) is 0.694. The van der Waals surface area contributed by atoms with Crippen molar-refractivity contribution in [2.24, 2.45) is 0 Å². The van der Waals surface area contributed by atoms with Crippen LogP contribution in [0.25, 0.3) is 10.9 Å². The van der Waals surface area contributed by atoms with E-state index in [0.29, 0.717) is 23.7 Å². The van der Waals surface area contributed by atoms with Gasteiger partial charge in [-0.2, -0.15) is 0 Å². The molecule has 0 spiro atoms. The molecule has 0 saturated carbocycles. The molecule has 4 nitrogen and oxygen atoms in total. The number of hydrogen-bond donors (Lipinski definition) is 2. The summed E-state index contributed by atoms with van der Waals surface area (Å²) >= 11 is 9.67. The van der Waals surface area contributed by atoms with Crippen molar-refractivity contribution in [3.63, 3.8) is 0 Å². The molecular formula is C24H18BrClFN3O. The minimum Gasteiger partial charge on any atom is -0.356 e. The van der Waals surface area contributed by atoms with Crippen LogP contribution in [0.2, 0.25) is 5.02 Å². The predicted molar refractivity (Wildman–Crippen MR) is 125 cm³/mol. The van der Waals surface area contributed by atoms with Gasteiger partial charge in [-0.25, -0.2) is 9.18 Å². The molecule has 1 unspecified atom stereocenters. The van der Waals surface area contributed by atoms with Crippen molar-refractivity contribution in [1.29, 1.82) is 0 Å². The van der Waals surface area contributed by atoms with Gasteiger partial charge in [-0.05, 0) is 66.1 Å². The standard InChI is InChI=1S/C24H18BrClFN3O/c25-15-2-1-3-18(12-15)28-24(31)30-11-10-19-20-13-16(26)6-9-21(20)29-22(19)23(30)14-4-7-17(27)8-5-14/h1-9,12-13,23,29H,10-11H2,(H,28,31). The Hall–Kier alpha value is -2.83. The van der Waals surface area contributed by atoms with E-state index in [1.165, 1.54) is 12.1 Å². The molecule has 1 aromatic heterocycles. The number of rotatable bonds is 2. The fourth-order valence-corrected chi connectivity index (χ4v) is 4.80. The van der Waals surface area contributed by atoms with Crippen LogP contribution in [0.3, 0.4) is 0 Å². The summed E-state index contributed by atoms with van der Waals surface area (Å²) in [6.45, 7) is 0.522. The first-order valence-electron chi connectivity index (χ1n) is 9.88. The highest BCUT2D eigenvalue weighted by Gasteiger charge is 2.34. The van der Waals surface area contributed by atoms with E-state index in [1.54, 1.807) is 17.0 Å². The Morgan fingerprint density at radius 2 is 1.94 bits per heavy atom. The molecule has 4 aromatic rings. The Labute approximate surface area is 192 Å². The Morgan fingerprint density at radius 3 is 2.71 bits per heavy atom. The second kappa shape index (κ2) is 8.02. The minimum atomic E-state index is -0.373. The summed E-state index contributed by atoms with van der Waals surface area (Å²) in [5.74, 6) is -0.312. The zero-order chi connectivity index (χ0) is 21.5. The molecule has 2 amide bonds. The molecule has 0 aliphatic carbocycles. The molecule has 2 heterocycles. The molecule has 0 radical (unpaired) electrons. The fraction of sp³-hybridized carbons (Fsp3) is 0.125. The number of anilines is 1. The third kappa shape index (κ3) is 3.82. The van der Waals surface area contributed by atoms with E-state index < -0.39 is 0 Å². The van der Waals surface area contributed by atoms with Gasteiger partial charge in [0.2, 0.25) is 0 Å². The number of aromatic amines is 1. The van der Waals surface area contributed by atoms with Crippen LogP contribution in [0.1, 0.15) is 22.9 Å². The van der Waals surface area contributed by atoms with Crippen LogP contribution in [0.4, 0.5) is 14.9 Å². The van der Waals surface area contributed by atoms with Gasteiger partial charge in [0.25, 0.3) is 0 Å². The highest BCUT2D eigenvalue weighted by molar-refractivity contribution is 9.10. The fourth-order valence-electron chi connectivity index (χ4n) is 4.23. The largest absolute Gasteiger partial charge is 0.356 e. The van der Waals surface area contributed by atoms with Gasteiger partial charge in [0.1, 0.15) is 5.82 Å². The van der Waals surface area contributed by atoms with Gasteiger partial charge in [-0.1, -0.05) is 45.7 Å². The van der Waals surface area contributed by atoms with Gasteiger partial charge < -0.3 is 15.2 Å². The van der Waals surface area contributed by atoms with E-state index in [9.17, 15) is 9.18 Å². The Bertz CT molecular complexity index is 1290. The van der Waals surface area contributed by atoms with Gasteiger partial charge in [0.05, 0.1) is 6.04 Å². The first kappa shape index (κ1) is 20.1. The van der Waals surface area contributed by atoms with Crippen molar-refractivity contribution in [2.45, 2.75) is 12.5 Å². The van der Waals surface area contributed by atoms with Gasteiger partial charge in [0, 0.05) is 38.3 Å². The van der Waals surface area contributed by atoms with Crippen LogP contribution in [0.5, 0.6) is 0 Å². The number of aromatic nitrogens is 1. The summed E-state index contributed by atoms with van der Waals surface area (Å²) in [5, 5.41) is 4.71. The van der Waals surface area contributed by atoms with Crippen LogP contribution in [-0.2, 0) is 6.42 Å². The lowest BCUT2D eigenvalue weighted by Crippen LogP contribution is -2.43. The second-order valence-electron chi connectivity index (χ2n) is 7.55. The number of halogens is 3. The molecule has 0 saturated heterocycles. The highest BCUT2D eigenvalue weighted by Crippen LogP contribution is 2.39. The maximum absolute atomic E-state index is 13.6. The SMILES string of the molecule is O=C(Nc1cccc(Br)c1)N1CCc2c([nH]c3ccc(Cl)cc23)C1c1ccc(F)cc1. The summed E-state index contributed by atoms with van der Waals surface area (Å²) in [6, 6.07) is 18.9. The van der Waals surface area contributed by atoms with E-state index in [2.05, 4.69) is 26.2 Å². The van der Waals surface area contributed by atoms with Crippen molar-refractivity contribution < 1.29 is 9.18 Å². The molecule has 156 valence electrons. The lowest BCUT2D eigenvalue weighted by atomic mass is 9.92. The van der Waals surface area contributed by atoms with Crippen LogP contribution >= 0.6 is 27.5 Å². The van der Waals surface area contributed by atoms with E-state index in [-0.39, 0.29) is 17.9 Å². The maximum Gasteiger partial charge on any atom is 0.322 e. The summed E-state index contributed by atoms with van der Waals surface area (Å²) in [7, 11) is 0. The molecular weight excluding hydrogens is 481 g/mol. The second-order valence-corrected chi connectivity index (χ2v) is 8.90. The lowest BCUT2D eigenvalue weighted by molar-refractivity contribution is 0.193.